The molecule has 2 N–H and O–H groups in total. The number of aryl methyl sites for hydroxylation is 1. The summed E-state index contributed by atoms with van der Waals surface area (Å²) in [6.07, 6.45) is 0.288. The van der Waals surface area contributed by atoms with Gasteiger partial charge in [0.15, 0.2) is 11.6 Å². The lowest BCUT2D eigenvalue weighted by molar-refractivity contribution is 0.494. The van der Waals surface area contributed by atoms with E-state index in [-0.39, 0.29) is 12.5 Å². The van der Waals surface area contributed by atoms with Gasteiger partial charge in [-0.2, -0.15) is 0 Å². The average molecular weight is 332 g/mol. The lowest BCUT2D eigenvalue weighted by Gasteiger charge is -2.10. The molecule has 1 aromatic carbocycles. The molecule has 0 fully saturated rings. The summed E-state index contributed by atoms with van der Waals surface area (Å²) in [4.78, 5) is 2.09. The number of benzene rings is 1. The van der Waals surface area contributed by atoms with Gasteiger partial charge in [0, 0.05) is 20.3 Å². The standard InChI is InChI=1S/C13H12BrF2NS/c1-7-9(14)6-12(18-7)11(17)5-8-3-2-4-10(15)13(8)16/h2-4,6,11H,5,17H2,1H3. The van der Waals surface area contributed by atoms with Gasteiger partial charge in [-0.15, -0.1) is 11.3 Å². The van der Waals surface area contributed by atoms with Gasteiger partial charge in [-0.05, 0) is 47.0 Å². The molecule has 0 aliphatic heterocycles. The zero-order valence-electron chi connectivity index (χ0n) is 9.71. The third-order valence-electron chi connectivity index (χ3n) is 2.71. The van der Waals surface area contributed by atoms with E-state index in [1.54, 1.807) is 17.4 Å². The summed E-state index contributed by atoms with van der Waals surface area (Å²) in [5.41, 5.74) is 6.34. The molecular formula is C13H12BrF2NS. The maximum atomic E-state index is 13.5. The molecule has 1 unspecified atom stereocenters. The highest BCUT2D eigenvalue weighted by Crippen LogP contribution is 2.31. The van der Waals surface area contributed by atoms with Crippen LogP contribution in [0, 0.1) is 18.6 Å². The van der Waals surface area contributed by atoms with Crippen molar-refractivity contribution in [3.05, 3.63) is 55.7 Å². The maximum Gasteiger partial charge on any atom is 0.162 e. The van der Waals surface area contributed by atoms with Crippen molar-refractivity contribution in [3.8, 4) is 0 Å². The van der Waals surface area contributed by atoms with Gasteiger partial charge in [-0.25, -0.2) is 8.78 Å². The normalized spacial score (nSPS) is 12.7. The lowest BCUT2D eigenvalue weighted by atomic mass is 10.0. The Labute approximate surface area is 117 Å². The fourth-order valence-electron chi connectivity index (χ4n) is 1.71. The maximum absolute atomic E-state index is 13.5. The molecule has 0 radical (unpaired) electrons. The van der Waals surface area contributed by atoms with Crippen molar-refractivity contribution in [3.63, 3.8) is 0 Å². The molecule has 1 heterocycles. The highest BCUT2D eigenvalue weighted by Gasteiger charge is 2.15. The fraction of sp³-hybridized carbons (Fsp3) is 0.231. The second kappa shape index (κ2) is 5.47. The van der Waals surface area contributed by atoms with E-state index in [1.807, 2.05) is 13.0 Å². The summed E-state index contributed by atoms with van der Waals surface area (Å²) in [6, 6.07) is 5.78. The monoisotopic (exact) mass is 331 g/mol. The van der Waals surface area contributed by atoms with E-state index in [4.69, 9.17) is 5.73 Å². The predicted octanol–water partition coefficient (Wildman–Crippen LogP) is 4.34. The Balaban J connectivity index is 2.21. The van der Waals surface area contributed by atoms with Crippen LogP contribution < -0.4 is 5.73 Å². The number of nitrogens with two attached hydrogens (primary N) is 1. The molecule has 0 spiro atoms. The van der Waals surface area contributed by atoms with Crippen molar-refractivity contribution in [2.45, 2.75) is 19.4 Å². The largest absolute Gasteiger partial charge is 0.323 e. The van der Waals surface area contributed by atoms with E-state index in [1.165, 1.54) is 6.07 Å². The van der Waals surface area contributed by atoms with E-state index in [0.717, 1.165) is 20.3 Å². The molecule has 0 saturated heterocycles. The quantitative estimate of drug-likeness (QED) is 0.889. The Morgan fingerprint density at radius 2 is 2.11 bits per heavy atom. The fourth-order valence-corrected chi connectivity index (χ4v) is 3.27. The zero-order chi connectivity index (χ0) is 13.3. The highest BCUT2D eigenvalue weighted by molar-refractivity contribution is 9.10. The van der Waals surface area contributed by atoms with Crippen molar-refractivity contribution in [1.82, 2.24) is 0 Å². The van der Waals surface area contributed by atoms with E-state index in [0.29, 0.717) is 5.56 Å². The van der Waals surface area contributed by atoms with Crippen molar-refractivity contribution in [2.24, 2.45) is 5.73 Å². The number of halogens is 3. The molecule has 5 heteroatoms. The molecule has 0 aliphatic rings. The topological polar surface area (TPSA) is 26.0 Å². The Morgan fingerprint density at radius 3 is 2.72 bits per heavy atom. The van der Waals surface area contributed by atoms with Crippen molar-refractivity contribution in [2.75, 3.05) is 0 Å². The molecule has 1 aromatic heterocycles. The summed E-state index contributed by atoms with van der Waals surface area (Å²) >= 11 is 4.98. The average Bonchev–Trinajstić information content (AvgIpc) is 2.66. The Hall–Kier alpha value is -0.780. The number of rotatable bonds is 3. The highest BCUT2D eigenvalue weighted by atomic mass is 79.9. The molecule has 18 heavy (non-hydrogen) atoms. The Kier molecular flexibility index (Phi) is 4.14. The van der Waals surface area contributed by atoms with Crippen LogP contribution in [0.2, 0.25) is 0 Å². The van der Waals surface area contributed by atoms with Crippen molar-refractivity contribution >= 4 is 27.3 Å². The molecule has 2 rings (SSSR count). The van der Waals surface area contributed by atoms with Gasteiger partial charge in [0.2, 0.25) is 0 Å². The molecule has 0 amide bonds. The zero-order valence-corrected chi connectivity index (χ0v) is 12.1. The molecule has 0 saturated carbocycles. The Bertz CT molecular complexity index is 549. The van der Waals surface area contributed by atoms with Gasteiger partial charge < -0.3 is 5.73 Å². The number of hydrogen-bond acceptors (Lipinski definition) is 2. The third kappa shape index (κ3) is 2.79. The van der Waals surface area contributed by atoms with Gasteiger partial charge in [0.1, 0.15) is 0 Å². The van der Waals surface area contributed by atoms with Crippen LogP contribution in [0.1, 0.15) is 21.4 Å². The second-order valence-electron chi connectivity index (χ2n) is 4.08. The minimum atomic E-state index is -0.830. The van der Waals surface area contributed by atoms with Crippen LogP contribution in [-0.4, -0.2) is 0 Å². The predicted molar refractivity (Wildman–Crippen MR) is 73.7 cm³/mol. The van der Waals surface area contributed by atoms with E-state index >= 15 is 0 Å². The third-order valence-corrected chi connectivity index (χ3v) is 4.98. The van der Waals surface area contributed by atoms with E-state index in [9.17, 15) is 8.78 Å². The summed E-state index contributed by atoms with van der Waals surface area (Å²) in [7, 11) is 0. The molecule has 1 atom stereocenters. The van der Waals surface area contributed by atoms with Gasteiger partial charge in [-0.3, -0.25) is 0 Å². The van der Waals surface area contributed by atoms with Crippen LogP contribution in [0.3, 0.4) is 0 Å². The first-order valence-electron chi connectivity index (χ1n) is 5.43. The summed E-state index contributed by atoms with van der Waals surface area (Å²) < 4.78 is 27.6. The van der Waals surface area contributed by atoms with Crippen LogP contribution in [0.25, 0.3) is 0 Å². The molecular weight excluding hydrogens is 320 g/mol. The SMILES string of the molecule is Cc1sc(C(N)Cc2cccc(F)c2F)cc1Br. The molecule has 96 valence electrons. The van der Waals surface area contributed by atoms with Crippen LogP contribution >= 0.6 is 27.3 Å². The van der Waals surface area contributed by atoms with Gasteiger partial charge in [-0.1, -0.05) is 12.1 Å². The van der Waals surface area contributed by atoms with Crippen LogP contribution in [0.4, 0.5) is 8.78 Å². The first-order chi connectivity index (χ1) is 8.49. The van der Waals surface area contributed by atoms with Crippen molar-refractivity contribution in [1.29, 1.82) is 0 Å². The smallest absolute Gasteiger partial charge is 0.162 e. The molecule has 1 nitrogen and oxygen atoms in total. The van der Waals surface area contributed by atoms with Gasteiger partial charge in [0.05, 0.1) is 0 Å². The first kappa shape index (κ1) is 13.6. The summed E-state index contributed by atoms with van der Waals surface area (Å²) in [5.74, 6) is -1.64. The first-order valence-corrected chi connectivity index (χ1v) is 7.04. The van der Waals surface area contributed by atoms with Crippen molar-refractivity contribution < 1.29 is 8.78 Å². The summed E-state index contributed by atoms with van der Waals surface area (Å²) in [5, 5.41) is 0. The minimum absolute atomic E-state index is 0.288. The second-order valence-corrected chi connectivity index (χ2v) is 6.22. The lowest BCUT2D eigenvalue weighted by Crippen LogP contribution is -2.13. The number of thiophene rings is 1. The molecule has 2 aromatic rings. The number of hydrogen-bond donors (Lipinski definition) is 1. The summed E-state index contributed by atoms with van der Waals surface area (Å²) in [6.45, 7) is 1.98. The molecule has 0 aliphatic carbocycles. The minimum Gasteiger partial charge on any atom is -0.323 e. The Morgan fingerprint density at radius 1 is 1.39 bits per heavy atom. The van der Waals surface area contributed by atoms with E-state index < -0.39 is 11.6 Å². The van der Waals surface area contributed by atoms with Gasteiger partial charge in [0.25, 0.3) is 0 Å². The van der Waals surface area contributed by atoms with Gasteiger partial charge >= 0.3 is 0 Å². The van der Waals surface area contributed by atoms with Crippen LogP contribution in [0.15, 0.2) is 28.7 Å². The van der Waals surface area contributed by atoms with E-state index in [2.05, 4.69) is 15.9 Å². The molecule has 0 bridgehead atoms. The van der Waals surface area contributed by atoms with Crippen LogP contribution in [0.5, 0.6) is 0 Å². The van der Waals surface area contributed by atoms with Crippen LogP contribution in [-0.2, 0) is 6.42 Å².